The van der Waals surface area contributed by atoms with Crippen LogP contribution in [0.5, 0.6) is 0 Å². The minimum absolute atomic E-state index is 0.0264. The Hall–Kier alpha value is -2.22. The van der Waals surface area contributed by atoms with Gasteiger partial charge in [0.25, 0.3) is 11.4 Å². The van der Waals surface area contributed by atoms with Gasteiger partial charge in [-0.3, -0.25) is 20.2 Å². The monoisotopic (exact) mass is 281 g/mol. The van der Waals surface area contributed by atoms with Gasteiger partial charge in [0, 0.05) is 19.2 Å². The summed E-state index contributed by atoms with van der Waals surface area (Å²) in [5.74, 6) is 0. The van der Waals surface area contributed by atoms with Gasteiger partial charge >= 0.3 is 0 Å². The number of nitro groups is 2. The summed E-state index contributed by atoms with van der Waals surface area (Å²) in [4.78, 5) is 20.3. The smallest absolute Gasteiger partial charge is 0.299 e. The minimum atomic E-state index is -0.652. The fraction of sp³-hybridized carbons (Fsp3) is 0.500. The predicted molar refractivity (Wildman–Crippen MR) is 71.8 cm³/mol. The fourth-order valence-electron chi connectivity index (χ4n) is 2.13. The van der Waals surface area contributed by atoms with E-state index in [1.165, 1.54) is 12.1 Å². The average molecular weight is 281 g/mol. The predicted octanol–water partition coefficient (Wildman–Crippen LogP) is 2.48. The first-order valence-electron chi connectivity index (χ1n) is 6.36. The Balaban J connectivity index is 2.09. The number of anilines is 1. The van der Waals surface area contributed by atoms with Crippen LogP contribution in [0.15, 0.2) is 18.2 Å². The lowest BCUT2D eigenvalue weighted by Crippen LogP contribution is -2.27. The van der Waals surface area contributed by atoms with Crippen LogP contribution < -0.4 is 5.32 Å². The molecule has 108 valence electrons. The highest BCUT2D eigenvalue weighted by molar-refractivity contribution is 5.65. The van der Waals surface area contributed by atoms with Crippen molar-refractivity contribution in [1.29, 1.82) is 0 Å². The summed E-state index contributed by atoms with van der Waals surface area (Å²) in [6.07, 6.45) is 3.05. The lowest BCUT2D eigenvalue weighted by Gasteiger charge is -2.23. The summed E-state index contributed by atoms with van der Waals surface area (Å²) in [6, 6.07) is 3.57. The molecule has 0 aliphatic carbocycles. The Kier molecular flexibility index (Phi) is 4.46. The van der Waals surface area contributed by atoms with Gasteiger partial charge in [-0.05, 0) is 25.3 Å². The van der Waals surface area contributed by atoms with Crippen LogP contribution in [0.1, 0.15) is 19.3 Å². The van der Waals surface area contributed by atoms with Gasteiger partial charge in [0.1, 0.15) is 5.69 Å². The molecule has 1 fully saturated rings. The Morgan fingerprint density at radius 3 is 2.65 bits per heavy atom. The quantitative estimate of drug-likeness (QED) is 0.656. The molecular weight excluding hydrogens is 266 g/mol. The Morgan fingerprint density at radius 1 is 1.25 bits per heavy atom. The number of ether oxygens (including phenoxy) is 1. The van der Waals surface area contributed by atoms with Crippen LogP contribution in [0.25, 0.3) is 0 Å². The first kappa shape index (κ1) is 14.2. The molecule has 1 unspecified atom stereocenters. The van der Waals surface area contributed by atoms with Gasteiger partial charge in [-0.1, -0.05) is 0 Å². The van der Waals surface area contributed by atoms with Crippen molar-refractivity contribution in [2.75, 3.05) is 18.5 Å². The number of rotatable bonds is 5. The molecule has 0 amide bonds. The number of hydrogen-bond donors (Lipinski definition) is 1. The molecule has 1 aliphatic heterocycles. The van der Waals surface area contributed by atoms with Gasteiger partial charge in [0.15, 0.2) is 0 Å². The van der Waals surface area contributed by atoms with Gasteiger partial charge in [0.05, 0.1) is 22.0 Å². The molecule has 0 saturated carbocycles. The molecular formula is C12H15N3O5. The molecule has 1 atom stereocenters. The zero-order valence-electron chi connectivity index (χ0n) is 10.8. The van der Waals surface area contributed by atoms with Crippen LogP contribution in [0.3, 0.4) is 0 Å². The summed E-state index contributed by atoms with van der Waals surface area (Å²) < 4.78 is 5.52. The van der Waals surface area contributed by atoms with Crippen LogP contribution in [0.4, 0.5) is 17.1 Å². The van der Waals surface area contributed by atoms with Gasteiger partial charge in [-0.2, -0.15) is 0 Å². The van der Waals surface area contributed by atoms with Crippen molar-refractivity contribution >= 4 is 17.1 Å². The summed E-state index contributed by atoms with van der Waals surface area (Å²) in [5.41, 5.74) is -0.319. The van der Waals surface area contributed by atoms with Gasteiger partial charge < -0.3 is 10.1 Å². The van der Waals surface area contributed by atoms with Crippen molar-refractivity contribution < 1.29 is 14.6 Å². The van der Waals surface area contributed by atoms with Crippen molar-refractivity contribution in [3.05, 3.63) is 38.4 Å². The van der Waals surface area contributed by atoms with Crippen LogP contribution in [-0.4, -0.2) is 29.1 Å². The van der Waals surface area contributed by atoms with Gasteiger partial charge in [-0.25, -0.2) is 0 Å². The van der Waals surface area contributed by atoms with Crippen LogP contribution in [0, 0.1) is 20.2 Å². The highest BCUT2D eigenvalue weighted by Crippen LogP contribution is 2.29. The van der Waals surface area contributed by atoms with E-state index in [4.69, 9.17) is 4.74 Å². The molecule has 8 nitrogen and oxygen atoms in total. The highest BCUT2D eigenvalue weighted by Gasteiger charge is 2.20. The third kappa shape index (κ3) is 3.41. The zero-order chi connectivity index (χ0) is 14.5. The molecule has 0 aromatic heterocycles. The molecule has 1 saturated heterocycles. The molecule has 1 aliphatic rings. The van der Waals surface area contributed by atoms with E-state index < -0.39 is 9.85 Å². The maximum absolute atomic E-state index is 11.0. The SMILES string of the molecule is O=[N+]([O-])c1ccc(NCC2CCCCO2)c([N+](=O)[O-])c1. The first-order valence-corrected chi connectivity index (χ1v) is 6.36. The molecule has 1 aromatic carbocycles. The number of nitrogens with one attached hydrogen (secondary N) is 1. The fourth-order valence-corrected chi connectivity index (χ4v) is 2.13. The van der Waals surface area contributed by atoms with E-state index in [0.29, 0.717) is 13.2 Å². The number of non-ortho nitro benzene ring substituents is 1. The molecule has 1 aromatic rings. The molecule has 1 heterocycles. The second kappa shape index (κ2) is 6.29. The second-order valence-electron chi connectivity index (χ2n) is 4.59. The van der Waals surface area contributed by atoms with E-state index >= 15 is 0 Å². The van der Waals surface area contributed by atoms with E-state index in [1.54, 1.807) is 0 Å². The normalized spacial score (nSPS) is 18.5. The maximum atomic E-state index is 11.0. The van der Waals surface area contributed by atoms with Crippen LogP contribution in [0.2, 0.25) is 0 Å². The third-order valence-electron chi connectivity index (χ3n) is 3.18. The zero-order valence-corrected chi connectivity index (χ0v) is 10.8. The summed E-state index contributed by atoms with van der Waals surface area (Å²) in [7, 11) is 0. The molecule has 20 heavy (non-hydrogen) atoms. The molecule has 0 spiro atoms. The van der Waals surface area contributed by atoms with E-state index in [0.717, 1.165) is 25.3 Å². The molecule has 0 bridgehead atoms. The Labute approximate surface area is 115 Å². The van der Waals surface area contributed by atoms with Crippen molar-refractivity contribution in [1.82, 2.24) is 0 Å². The van der Waals surface area contributed by atoms with Crippen molar-refractivity contribution in [3.63, 3.8) is 0 Å². The number of benzene rings is 1. The third-order valence-corrected chi connectivity index (χ3v) is 3.18. The lowest BCUT2D eigenvalue weighted by molar-refractivity contribution is -0.393. The Bertz CT molecular complexity index is 514. The number of nitrogens with zero attached hydrogens (tertiary/aromatic N) is 2. The number of hydrogen-bond acceptors (Lipinski definition) is 6. The van der Waals surface area contributed by atoms with Crippen molar-refractivity contribution in [2.24, 2.45) is 0 Å². The summed E-state index contributed by atoms with van der Waals surface area (Å²) >= 11 is 0. The number of nitro benzene ring substituents is 2. The lowest BCUT2D eigenvalue weighted by atomic mass is 10.1. The van der Waals surface area contributed by atoms with E-state index in [9.17, 15) is 20.2 Å². The molecule has 0 radical (unpaired) electrons. The summed E-state index contributed by atoms with van der Waals surface area (Å²) in [6.45, 7) is 1.16. The maximum Gasteiger partial charge on any atom is 0.299 e. The van der Waals surface area contributed by atoms with Crippen LogP contribution >= 0.6 is 0 Å². The van der Waals surface area contributed by atoms with Crippen molar-refractivity contribution in [3.8, 4) is 0 Å². The first-order chi connectivity index (χ1) is 9.58. The van der Waals surface area contributed by atoms with Crippen molar-refractivity contribution in [2.45, 2.75) is 25.4 Å². The Morgan fingerprint density at radius 2 is 2.05 bits per heavy atom. The van der Waals surface area contributed by atoms with Gasteiger partial charge in [-0.15, -0.1) is 0 Å². The van der Waals surface area contributed by atoms with E-state index in [-0.39, 0.29) is 23.2 Å². The molecule has 2 rings (SSSR count). The summed E-state index contributed by atoms with van der Waals surface area (Å²) in [5, 5.41) is 24.5. The second-order valence-corrected chi connectivity index (χ2v) is 4.59. The van der Waals surface area contributed by atoms with Gasteiger partial charge in [0.2, 0.25) is 0 Å². The van der Waals surface area contributed by atoms with E-state index in [2.05, 4.69) is 5.32 Å². The largest absolute Gasteiger partial charge is 0.377 e. The minimum Gasteiger partial charge on any atom is -0.377 e. The standard InChI is InChI=1S/C12H15N3O5/c16-14(17)9-4-5-11(12(7-9)15(18)19)13-8-10-3-1-2-6-20-10/h4-5,7,10,13H,1-3,6,8H2. The molecule has 8 heteroatoms. The molecule has 1 N–H and O–H groups in total. The topological polar surface area (TPSA) is 108 Å². The van der Waals surface area contributed by atoms with Crippen LogP contribution in [-0.2, 0) is 4.74 Å². The average Bonchev–Trinajstić information content (AvgIpc) is 2.45. The highest BCUT2D eigenvalue weighted by atomic mass is 16.6. The van der Waals surface area contributed by atoms with E-state index in [1.807, 2.05) is 0 Å².